The zero-order chi connectivity index (χ0) is 16.7. The lowest BCUT2D eigenvalue weighted by molar-refractivity contribution is -0.145. The molecule has 0 atom stereocenters. The van der Waals surface area contributed by atoms with Crippen molar-refractivity contribution in [1.82, 2.24) is 4.57 Å². The van der Waals surface area contributed by atoms with Crippen LogP contribution in [0.4, 0.5) is 0 Å². The van der Waals surface area contributed by atoms with Crippen molar-refractivity contribution in [2.24, 2.45) is 0 Å². The van der Waals surface area contributed by atoms with Gasteiger partial charge < -0.3 is 14.0 Å². The molecule has 0 amide bonds. The number of carbonyl (C=O) groups is 2. The molecule has 0 fully saturated rings. The van der Waals surface area contributed by atoms with Gasteiger partial charge in [-0.25, -0.2) is 0 Å². The van der Waals surface area contributed by atoms with E-state index in [-0.39, 0.29) is 19.1 Å². The van der Waals surface area contributed by atoms with E-state index in [2.05, 4.69) is 6.92 Å². The van der Waals surface area contributed by atoms with Crippen LogP contribution in [0.3, 0.4) is 0 Å². The lowest BCUT2D eigenvalue weighted by atomic mass is 10.2. The van der Waals surface area contributed by atoms with Crippen LogP contribution in [0.1, 0.15) is 30.1 Å². The van der Waals surface area contributed by atoms with Gasteiger partial charge in [-0.15, -0.1) is 0 Å². The van der Waals surface area contributed by atoms with Gasteiger partial charge in [-0.2, -0.15) is 0 Å². The van der Waals surface area contributed by atoms with Crippen LogP contribution in [0.5, 0.6) is 0 Å². The SMILES string of the molecule is CCCCOCCOC(=O)Cn1cc(C=O)c2cc(Cl)ccc21. The zero-order valence-electron chi connectivity index (χ0n) is 13.1. The van der Waals surface area contributed by atoms with Crippen LogP contribution < -0.4 is 0 Å². The Morgan fingerprint density at radius 1 is 1.30 bits per heavy atom. The third-order valence-corrected chi connectivity index (χ3v) is 3.67. The van der Waals surface area contributed by atoms with Gasteiger partial charge in [0.05, 0.1) is 6.61 Å². The summed E-state index contributed by atoms with van der Waals surface area (Å²) in [5, 5.41) is 1.27. The summed E-state index contributed by atoms with van der Waals surface area (Å²) in [6, 6.07) is 5.22. The normalized spacial score (nSPS) is 10.9. The molecule has 0 N–H and O–H groups in total. The van der Waals surface area contributed by atoms with E-state index in [0.717, 1.165) is 30.0 Å². The van der Waals surface area contributed by atoms with Gasteiger partial charge >= 0.3 is 5.97 Å². The van der Waals surface area contributed by atoms with Crippen LogP contribution in [0.2, 0.25) is 5.02 Å². The third-order valence-electron chi connectivity index (χ3n) is 3.43. The Bertz CT molecular complexity index is 681. The molecule has 0 unspecified atom stereocenters. The van der Waals surface area contributed by atoms with E-state index >= 15 is 0 Å². The minimum atomic E-state index is -0.367. The number of hydrogen-bond acceptors (Lipinski definition) is 4. The van der Waals surface area contributed by atoms with Crippen LogP contribution in [0, 0.1) is 0 Å². The zero-order valence-corrected chi connectivity index (χ0v) is 13.8. The first-order chi connectivity index (χ1) is 11.2. The van der Waals surface area contributed by atoms with Gasteiger partial charge in [0.15, 0.2) is 6.29 Å². The molecule has 0 saturated carbocycles. The topological polar surface area (TPSA) is 57.5 Å². The second-order valence-electron chi connectivity index (χ2n) is 5.18. The molecule has 0 radical (unpaired) electrons. The van der Waals surface area contributed by atoms with Gasteiger partial charge in [0.2, 0.25) is 0 Å². The Labute approximate surface area is 140 Å². The maximum Gasteiger partial charge on any atom is 0.326 e. The first kappa shape index (κ1) is 17.5. The summed E-state index contributed by atoms with van der Waals surface area (Å²) < 4.78 is 12.2. The molecule has 0 aliphatic carbocycles. The highest BCUT2D eigenvalue weighted by molar-refractivity contribution is 6.31. The summed E-state index contributed by atoms with van der Waals surface area (Å²) in [4.78, 5) is 23.0. The predicted molar refractivity (Wildman–Crippen MR) is 89.0 cm³/mol. The number of benzene rings is 1. The number of fused-ring (bicyclic) bond motifs is 1. The smallest absolute Gasteiger partial charge is 0.326 e. The first-order valence-electron chi connectivity index (χ1n) is 7.62. The third kappa shape index (κ3) is 4.81. The largest absolute Gasteiger partial charge is 0.462 e. The van der Waals surface area contributed by atoms with Crippen molar-refractivity contribution in [3.8, 4) is 0 Å². The fraction of sp³-hybridized carbons (Fsp3) is 0.412. The van der Waals surface area contributed by atoms with Crippen molar-refractivity contribution in [3.63, 3.8) is 0 Å². The van der Waals surface area contributed by atoms with E-state index in [1.165, 1.54) is 0 Å². The molecule has 2 aromatic rings. The van der Waals surface area contributed by atoms with Crippen LogP contribution in [0.15, 0.2) is 24.4 Å². The maximum absolute atomic E-state index is 11.9. The molecule has 1 heterocycles. The molecular weight excluding hydrogens is 318 g/mol. The molecule has 0 aliphatic rings. The Morgan fingerprint density at radius 2 is 2.13 bits per heavy atom. The summed E-state index contributed by atoms with van der Waals surface area (Å²) in [7, 11) is 0. The second-order valence-corrected chi connectivity index (χ2v) is 5.61. The summed E-state index contributed by atoms with van der Waals surface area (Å²) in [6.45, 7) is 3.44. The summed E-state index contributed by atoms with van der Waals surface area (Å²) in [6.07, 6.45) is 4.46. The number of ether oxygens (including phenoxy) is 2. The van der Waals surface area contributed by atoms with E-state index in [0.29, 0.717) is 23.8 Å². The number of aldehydes is 1. The Hall–Kier alpha value is -1.85. The fourth-order valence-electron chi connectivity index (χ4n) is 2.27. The monoisotopic (exact) mass is 337 g/mol. The number of carbonyl (C=O) groups excluding carboxylic acids is 2. The molecule has 2 rings (SSSR count). The first-order valence-corrected chi connectivity index (χ1v) is 8.00. The van der Waals surface area contributed by atoms with Crippen molar-refractivity contribution in [2.45, 2.75) is 26.3 Å². The van der Waals surface area contributed by atoms with Gasteiger partial charge in [0, 0.05) is 34.3 Å². The Kier molecular flexibility index (Phi) is 6.62. The molecule has 0 aliphatic heterocycles. The molecular formula is C17H20ClNO4. The highest BCUT2D eigenvalue weighted by Crippen LogP contribution is 2.24. The standard InChI is InChI=1S/C17H20ClNO4/c1-2-3-6-22-7-8-23-17(21)11-19-10-13(12-20)15-9-14(18)4-5-16(15)19/h4-5,9-10,12H,2-3,6-8,11H2,1H3. The number of halogens is 1. The van der Waals surface area contributed by atoms with Crippen molar-refractivity contribution < 1.29 is 19.1 Å². The molecule has 1 aromatic carbocycles. The number of rotatable bonds is 9. The molecule has 0 bridgehead atoms. The Balaban J connectivity index is 1.93. The van der Waals surface area contributed by atoms with Crippen LogP contribution in [0.25, 0.3) is 10.9 Å². The van der Waals surface area contributed by atoms with Crippen molar-refractivity contribution in [3.05, 3.63) is 35.0 Å². The highest BCUT2D eigenvalue weighted by atomic mass is 35.5. The average Bonchev–Trinajstić information content (AvgIpc) is 2.87. The number of nitrogens with zero attached hydrogens (tertiary/aromatic N) is 1. The van der Waals surface area contributed by atoms with Gasteiger partial charge in [0.1, 0.15) is 13.2 Å². The lowest BCUT2D eigenvalue weighted by Crippen LogP contribution is -2.16. The van der Waals surface area contributed by atoms with Crippen LogP contribution >= 0.6 is 11.6 Å². The quantitative estimate of drug-likeness (QED) is 0.399. The van der Waals surface area contributed by atoms with Crippen molar-refractivity contribution in [2.75, 3.05) is 19.8 Å². The lowest BCUT2D eigenvalue weighted by Gasteiger charge is -2.07. The van der Waals surface area contributed by atoms with Gasteiger partial charge in [-0.05, 0) is 24.6 Å². The number of hydrogen-bond donors (Lipinski definition) is 0. The van der Waals surface area contributed by atoms with Gasteiger partial charge in [-0.1, -0.05) is 24.9 Å². The second kappa shape index (κ2) is 8.70. The molecule has 0 saturated heterocycles. The van der Waals surface area contributed by atoms with Gasteiger partial charge in [0.25, 0.3) is 0 Å². The van der Waals surface area contributed by atoms with Gasteiger partial charge in [-0.3, -0.25) is 9.59 Å². The maximum atomic E-state index is 11.9. The van der Waals surface area contributed by atoms with Crippen molar-refractivity contribution in [1.29, 1.82) is 0 Å². The predicted octanol–water partition coefficient (Wildman–Crippen LogP) is 3.47. The molecule has 124 valence electrons. The van der Waals surface area contributed by atoms with E-state index < -0.39 is 0 Å². The molecule has 1 aromatic heterocycles. The number of esters is 1. The minimum Gasteiger partial charge on any atom is -0.462 e. The summed E-state index contributed by atoms with van der Waals surface area (Å²) in [5.74, 6) is -0.367. The van der Waals surface area contributed by atoms with E-state index in [4.69, 9.17) is 21.1 Å². The Morgan fingerprint density at radius 3 is 2.87 bits per heavy atom. The molecule has 0 spiro atoms. The number of aromatic nitrogens is 1. The van der Waals surface area contributed by atoms with Crippen molar-refractivity contribution >= 4 is 34.8 Å². The molecule has 5 nitrogen and oxygen atoms in total. The minimum absolute atomic E-state index is 0.0426. The fourth-order valence-corrected chi connectivity index (χ4v) is 2.44. The summed E-state index contributed by atoms with van der Waals surface area (Å²) >= 11 is 5.95. The summed E-state index contributed by atoms with van der Waals surface area (Å²) in [5.41, 5.74) is 1.27. The highest BCUT2D eigenvalue weighted by Gasteiger charge is 2.12. The molecule has 6 heteroatoms. The van der Waals surface area contributed by atoms with Crippen LogP contribution in [-0.4, -0.2) is 36.6 Å². The van der Waals surface area contributed by atoms with Crippen LogP contribution in [-0.2, 0) is 20.8 Å². The van der Waals surface area contributed by atoms with E-state index in [1.54, 1.807) is 29.0 Å². The van der Waals surface area contributed by atoms with E-state index in [9.17, 15) is 9.59 Å². The van der Waals surface area contributed by atoms with E-state index in [1.807, 2.05) is 0 Å². The average molecular weight is 338 g/mol. The molecule has 23 heavy (non-hydrogen) atoms. The number of unbranched alkanes of at least 4 members (excludes halogenated alkanes) is 1.